The first kappa shape index (κ1) is 14.0. The molecule has 0 heterocycles. The zero-order valence-electron chi connectivity index (χ0n) is 11.6. The molecular formula is C15H21BFNO2. The highest BCUT2D eigenvalue weighted by molar-refractivity contribution is 6.58. The summed E-state index contributed by atoms with van der Waals surface area (Å²) < 4.78 is 13.5. The van der Waals surface area contributed by atoms with Crippen LogP contribution >= 0.6 is 0 Å². The first-order valence-corrected chi connectivity index (χ1v) is 7.48. The Bertz CT molecular complexity index is 461. The van der Waals surface area contributed by atoms with Gasteiger partial charge in [0.05, 0.1) is 0 Å². The van der Waals surface area contributed by atoms with Gasteiger partial charge in [0.15, 0.2) is 0 Å². The van der Waals surface area contributed by atoms with Crippen LogP contribution < -0.4 is 5.46 Å². The number of hydrogen-bond donors (Lipinski definition) is 2. The summed E-state index contributed by atoms with van der Waals surface area (Å²) >= 11 is 0. The van der Waals surface area contributed by atoms with Crippen molar-refractivity contribution in [3.8, 4) is 0 Å². The lowest BCUT2D eigenvalue weighted by Crippen LogP contribution is -2.32. The molecule has 1 aromatic carbocycles. The molecule has 0 unspecified atom stereocenters. The summed E-state index contributed by atoms with van der Waals surface area (Å²) in [5.41, 5.74) is 1.06. The molecule has 1 aromatic rings. The summed E-state index contributed by atoms with van der Waals surface area (Å²) in [6.07, 6.45) is 5.24. The van der Waals surface area contributed by atoms with Crippen LogP contribution in [0.25, 0.3) is 0 Å². The van der Waals surface area contributed by atoms with Gasteiger partial charge < -0.3 is 10.0 Å². The van der Waals surface area contributed by atoms with Crippen LogP contribution in [0.1, 0.15) is 31.2 Å². The second-order valence-corrected chi connectivity index (χ2v) is 6.35. The highest BCUT2D eigenvalue weighted by Gasteiger charge is 2.29. The number of halogens is 1. The highest BCUT2D eigenvalue weighted by Crippen LogP contribution is 2.34. The predicted molar refractivity (Wildman–Crippen MR) is 77.0 cm³/mol. The van der Waals surface area contributed by atoms with E-state index in [1.807, 2.05) is 0 Å². The minimum absolute atomic E-state index is 0.234. The smallest absolute Gasteiger partial charge is 0.423 e. The van der Waals surface area contributed by atoms with E-state index in [-0.39, 0.29) is 5.46 Å². The molecule has 2 aliphatic rings. The Hall–Kier alpha value is -0.905. The second kappa shape index (κ2) is 5.84. The fraction of sp³-hybridized carbons (Fsp3) is 0.600. The van der Waals surface area contributed by atoms with E-state index in [9.17, 15) is 14.4 Å². The van der Waals surface area contributed by atoms with Gasteiger partial charge in [0.2, 0.25) is 0 Å². The molecule has 2 fully saturated rings. The molecule has 0 aromatic heterocycles. The normalized spacial score (nSPS) is 18.6. The third-order valence-corrected chi connectivity index (χ3v) is 4.11. The Morgan fingerprint density at radius 2 is 1.65 bits per heavy atom. The van der Waals surface area contributed by atoms with Gasteiger partial charge >= 0.3 is 7.12 Å². The summed E-state index contributed by atoms with van der Waals surface area (Å²) in [4.78, 5) is 2.40. The van der Waals surface area contributed by atoms with Crippen LogP contribution in [0.5, 0.6) is 0 Å². The van der Waals surface area contributed by atoms with Crippen molar-refractivity contribution in [3.05, 3.63) is 29.6 Å². The molecule has 0 saturated heterocycles. The number of benzene rings is 1. The second-order valence-electron chi connectivity index (χ2n) is 6.35. The summed E-state index contributed by atoms with van der Waals surface area (Å²) in [6, 6.07) is 4.37. The van der Waals surface area contributed by atoms with Gasteiger partial charge in [0.1, 0.15) is 5.82 Å². The fourth-order valence-corrected chi connectivity index (χ4v) is 2.71. The van der Waals surface area contributed by atoms with Gasteiger partial charge in [-0.15, -0.1) is 0 Å². The molecule has 0 aliphatic heterocycles. The maximum absolute atomic E-state index is 13.5. The fourth-order valence-electron chi connectivity index (χ4n) is 2.71. The SMILES string of the molecule is OB(O)c1cc(F)cc(CN(CC2CC2)CC2CC2)c1. The molecule has 0 spiro atoms. The van der Waals surface area contributed by atoms with Gasteiger partial charge in [-0.25, -0.2) is 4.39 Å². The van der Waals surface area contributed by atoms with Crippen molar-refractivity contribution in [1.29, 1.82) is 0 Å². The van der Waals surface area contributed by atoms with E-state index in [0.717, 1.165) is 30.5 Å². The van der Waals surface area contributed by atoms with E-state index in [4.69, 9.17) is 0 Å². The van der Waals surface area contributed by atoms with Crippen molar-refractivity contribution < 1.29 is 14.4 Å². The Morgan fingerprint density at radius 3 is 2.15 bits per heavy atom. The molecule has 0 bridgehead atoms. The minimum Gasteiger partial charge on any atom is -0.423 e. The van der Waals surface area contributed by atoms with Crippen LogP contribution in [0.3, 0.4) is 0 Å². The van der Waals surface area contributed by atoms with E-state index in [2.05, 4.69) is 4.90 Å². The Kier molecular flexibility index (Phi) is 4.10. The predicted octanol–water partition coefficient (Wildman–Crippen LogP) is 1.13. The highest BCUT2D eigenvalue weighted by atomic mass is 19.1. The maximum atomic E-state index is 13.5. The van der Waals surface area contributed by atoms with Gasteiger partial charge in [-0.05, 0) is 60.7 Å². The lowest BCUT2D eigenvalue weighted by Gasteiger charge is -2.22. The van der Waals surface area contributed by atoms with Crippen LogP contribution in [0.15, 0.2) is 18.2 Å². The van der Waals surface area contributed by atoms with E-state index in [1.165, 1.54) is 37.8 Å². The standard InChI is InChI=1S/C15H21BFNO2/c17-15-6-13(5-14(7-15)16(19)20)10-18(8-11-1-2-11)9-12-3-4-12/h5-7,11-12,19-20H,1-4,8-10H2. The number of hydrogen-bond acceptors (Lipinski definition) is 3. The van der Waals surface area contributed by atoms with E-state index >= 15 is 0 Å². The first-order valence-electron chi connectivity index (χ1n) is 7.48. The van der Waals surface area contributed by atoms with E-state index in [0.29, 0.717) is 6.54 Å². The summed E-state index contributed by atoms with van der Waals surface area (Å²) in [5, 5.41) is 18.4. The number of nitrogens with zero attached hydrogens (tertiary/aromatic N) is 1. The summed E-state index contributed by atoms with van der Waals surface area (Å²) in [5.74, 6) is 1.22. The average molecular weight is 277 g/mol. The zero-order chi connectivity index (χ0) is 14.1. The maximum Gasteiger partial charge on any atom is 0.488 e. The molecule has 5 heteroatoms. The van der Waals surface area contributed by atoms with Crippen LogP contribution in [0, 0.1) is 17.7 Å². The first-order chi connectivity index (χ1) is 9.60. The van der Waals surface area contributed by atoms with Crippen molar-refractivity contribution in [2.75, 3.05) is 13.1 Å². The molecule has 0 amide bonds. The van der Waals surface area contributed by atoms with Crippen molar-refractivity contribution in [2.24, 2.45) is 11.8 Å². The summed E-state index contributed by atoms with van der Waals surface area (Å²) in [7, 11) is -1.61. The Balaban J connectivity index is 1.69. The average Bonchev–Trinajstić information content (AvgIpc) is 3.24. The lowest BCUT2D eigenvalue weighted by molar-refractivity contribution is 0.244. The minimum atomic E-state index is -1.61. The van der Waals surface area contributed by atoms with Crippen molar-refractivity contribution in [2.45, 2.75) is 32.2 Å². The molecule has 0 radical (unpaired) electrons. The van der Waals surface area contributed by atoms with Crippen molar-refractivity contribution in [1.82, 2.24) is 4.90 Å². The lowest BCUT2D eigenvalue weighted by atomic mass is 9.79. The Morgan fingerprint density at radius 1 is 1.05 bits per heavy atom. The van der Waals surface area contributed by atoms with Gasteiger partial charge in [-0.3, -0.25) is 4.90 Å². The zero-order valence-corrected chi connectivity index (χ0v) is 11.6. The monoisotopic (exact) mass is 277 g/mol. The molecular weight excluding hydrogens is 256 g/mol. The molecule has 2 aliphatic carbocycles. The van der Waals surface area contributed by atoms with Gasteiger partial charge in [-0.1, -0.05) is 6.07 Å². The topological polar surface area (TPSA) is 43.7 Å². The van der Waals surface area contributed by atoms with Gasteiger partial charge in [-0.2, -0.15) is 0 Å². The third-order valence-electron chi connectivity index (χ3n) is 4.11. The molecule has 3 rings (SSSR count). The summed E-state index contributed by atoms with van der Waals surface area (Å²) in [6.45, 7) is 2.87. The van der Waals surface area contributed by atoms with Gasteiger partial charge in [0, 0.05) is 19.6 Å². The van der Waals surface area contributed by atoms with E-state index in [1.54, 1.807) is 6.07 Å². The molecule has 2 N–H and O–H groups in total. The molecule has 2 saturated carbocycles. The van der Waals surface area contributed by atoms with Gasteiger partial charge in [0.25, 0.3) is 0 Å². The molecule has 0 atom stereocenters. The van der Waals surface area contributed by atoms with Crippen LogP contribution in [0.4, 0.5) is 4.39 Å². The Labute approximate surface area is 119 Å². The quantitative estimate of drug-likeness (QED) is 0.734. The van der Waals surface area contributed by atoms with Crippen LogP contribution in [-0.4, -0.2) is 35.2 Å². The third kappa shape index (κ3) is 4.04. The van der Waals surface area contributed by atoms with Crippen LogP contribution in [-0.2, 0) is 6.54 Å². The van der Waals surface area contributed by atoms with Crippen LogP contribution in [0.2, 0.25) is 0 Å². The number of rotatable bonds is 7. The van der Waals surface area contributed by atoms with E-state index < -0.39 is 12.9 Å². The molecule has 3 nitrogen and oxygen atoms in total. The molecule has 20 heavy (non-hydrogen) atoms. The van der Waals surface area contributed by atoms with Crippen molar-refractivity contribution in [3.63, 3.8) is 0 Å². The largest absolute Gasteiger partial charge is 0.488 e. The van der Waals surface area contributed by atoms with Crippen molar-refractivity contribution >= 4 is 12.6 Å². The molecule has 108 valence electrons.